The van der Waals surface area contributed by atoms with E-state index in [0.717, 1.165) is 29.0 Å². The van der Waals surface area contributed by atoms with Crippen LogP contribution < -0.4 is 10.1 Å². The van der Waals surface area contributed by atoms with Crippen molar-refractivity contribution in [1.29, 1.82) is 0 Å². The van der Waals surface area contributed by atoms with Gasteiger partial charge in [-0.15, -0.1) is 11.3 Å². The van der Waals surface area contributed by atoms with E-state index in [2.05, 4.69) is 61.4 Å². The van der Waals surface area contributed by atoms with Crippen molar-refractivity contribution in [3.63, 3.8) is 0 Å². The molecule has 2 heterocycles. The van der Waals surface area contributed by atoms with Crippen molar-refractivity contribution in [3.05, 3.63) is 49.0 Å². The van der Waals surface area contributed by atoms with Crippen LogP contribution in [-0.4, -0.2) is 13.7 Å². The molecule has 1 aliphatic heterocycles. The molecule has 21 heavy (non-hydrogen) atoms. The average Bonchev–Trinajstić information content (AvgIpc) is 2.83. The monoisotopic (exact) mass is 429 g/mol. The maximum absolute atomic E-state index is 5.77. The predicted octanol–water partition coefficient (Wildman–Crippen LogP) is 5.49. The summed E-state index contributed by atoms with van der Waals surface area (Å²) in [6.45, 7) is 0.812. The second kappa shape index (κ2) is 6.82. The summed E-state index contributed by atoms with van der Waals surface area (Å²) in [5, 5.41) is 3.47. The van der Waals surface area contributed by atoms with Crippen molar-refractivity contribution in [1.82, 2.24) is 5.32 Å². The molecule has 2 aromatic rings. The maximum Gasteiger partial charge on any atom is 0.122 e. The highest BCUT2D eigenvalue weighted by molar-refractivity contribution is 9.12. The molecular weight excluding hydrogens is 414 g/mol. The first-order chi connectivity index (χ1) is 10.2. The highest BCUT2D eigenvalue weighted by Gasteiger charge is 2.26. The fourth-order valence-electron chi connectivity index (χ4n) is 2.94. The lowest BCUT2D eigenvalue weighted by Crippen LogP contribution is -2.22. The number of rotatable bonds is 4. The van der Waals surface area contributed by atoms with Gasteiger partial charge in [0.1, 0.15) is 5.75 Å². The van der Waals surface area contributed by atoms with Gasteiger partial charge in [0.25, 0.3) is 0 Å². The minimum absolute atomic E-state index is 0.345. The number of thiophene rings is 1. The Balaban J connectivity index is 1.84. The summed E-state index contributed by atoms with van der Waals surface area (Å²) < 4.78 is 8.13. The number of nitrogens with one attached hydrogen (secondary N) is 1. The van der Waals surface area contributed by atoms with Crippen LogP contribution in [0.15, 0.2) is 37.9 Å². The molecule has 112 valence electrons. The Morgan fingerprint density at radius 2 is 2.19 bits per heavy atom. The molecule has 1 aromatic carbocycles. The molecule has 1 aromatic heterocycles. The van der Waals surface area contributed by atoms with Crippen molar-refractivity contribution < 1.29 is 4.74 Å². The third-order valence-electron chi connectivity index (χ3n) is 4.01. The molecule has 0 saturated carbocycles. The van der Waals surface area contributed by atoms with Gasteiger partial charge in [-0.05, 0) is 80.9 Å². The standard InChI is InChI=1S/C16H17Br2NOS/c1-19-13(12-9-15(17)21-16(12)18)8-10-6-7-20-14-5-3-2-4-11(10)14/h2-5,9-10,13,19H,6-8H2,1H3. The van der Waals surface area contributed by atoms with E-state index in [0.29, 0.717) is 12.0 Å². The van der Waals surface area contributed by atoms with E-state index < -0.39 is 0 Å². The van der Waals surface area contributed by atoms with Crippen LogP contribution in [0.5, 0.6) is 5.75 Å². The van der Waals surface area contributed by atoms with Gasteiger partial charge in [0.15, 0.2) is 0 Å². The van der Waals surface area contributed by atoms with Crippen molar-refractivity contribution in [2.24, 2.45) is 0 Å². The van der Waals surface area contributed by atoms with Crippen molar-refractivity contribution in [3.8, 4) is 5.75 Å². The highest BCUT2D eigenvalue weighted by atomic mass is 79.9. The molecule has 0 spiro atoms. The zero-order chi connectivity index (χ0) is 14.8. The average molecular weight is 431 g/mol. The van der Waals surface area contributed by atoms with Crippen LogP contribution >= 0.6 is 43.2 Å². The normalized spacial score (nSPS) is 18.9. The predicted molar refractivity (Wildman–Crippen MR) is 95.4 cm³/mol. The zero-order valence-corrected chi connectivity index (χ0v) is 15.7. The first kappa shape index (κ1) is 15.5. The Morgan fingerprint density at radius 1 is 1.38 bits per heavy atom. The van der Waals surface area contributed by atoms with E-state index in [1.165, 1.54) is 14.9 Å². The van der Waals surface area contributed by atoms with E-state index >= 15 is 0 Å². The molecule has 2 nitrogen and oxygen atoms in total. The molecule has 0 radical (unpaired) electrons. The number of para-hydroxylation sites is 1. The Morgan fingerprint density at radius 3 is 2.90 bits per heavy atom. The third-order valence-corrected chi connectivity index (χ3v) is 6.40. The number of benzene rings is 1. The summed E-state index contributed by atoms with van der Waals surface area (Å²) in [6.07, 6.45) is 2.16. The molecule has 1 N–H and O–H groups in total. The van der Waals surface area contributed by atoms with Crippen LogP contribution in [0.25, 0.3) is 0 Å². The lowest BCUT2D eigenvalue weighted by atomic mass is 9.86. The summed E-state index contributed by atoms with van der Waals surface area (Å²) in [6, 6.07) is 11.0. The molecule has 0 bridgehead atoms. The van der Waals surface area contributed by atoms with E-state index in [1.54, 1.807) is 11.3 Å². The van der Waals surface area contributed by atoms with E-state index in [-0.39, 0.29) is 0 Å². The summed E-state index contributed by atoms with van der Waals surface area (Å²) in [4.78, 5) is 0. The molecule has 1 aliphatic rings. The van der Waals surface area contributed by atoms with E-state index in [9.17, 15) is 0 Å². The molecule has 3 rings (SSSR count). The molecule has 0 fully saturated rings. The minimum Gasteiger partial charge on any atom is -0.493 e. The maximum atomic E-state index is 5.77. The van der Waals surface area contributed by atoms with E-state index in [1.807, 2.05) is 13.1 Å². The number of hydrogen-bond acceptors (Lipinski definition) is 3. The van der Waals surface area contributed by atoms with Gasteiger partial charge in [-0.3, -0.25) is 0 Å². The zero-order valence-electron chi connectivity index (χ0n) is 11.7. The lowest BCUT2D eigenvalue weighted by Gasteiger charge is -2.29. The molecule has 5 heteroatoms. The van der Waals surface area contributed by atoms with Crippen LogP contribution in [0.4, 0.5) is 0 Å². The van der Waals surface area contributed by atoms with Gasteiger partial charge in [-0.25, -0.2) is 0 Å². The SMILES string of the molecule is CNC(CC1CCOc2ccccc21)c1cc(Br)sc1Br. The van der Waals surface area contributed by atoms with Crippen LogP contribution in [-0.2, 0) is 0 Å². The third kappa shape index (κ3) is 3.36. The summed E-state index contributed by atoms with van der Waals surface area (Å²) >= 11 is 8.98. The highest BCUT2D eigenvalue weighted by Crippen LogP contribution is 2.42. The molecule has 0 aliphatic carbocycles. The van der Waals surface area contributed by atoms with Crippen LogP contribution in [0.3, 0.4) is 0 Å². The summed E-state index contributed by atoms with van der Waals surface area (Å²) in [5.74, 6) is 1.59. The molecular formula is C16H17Br2NOS. The molecule has 0 amide bonds. The van der Waals surface area contributed by atoms with Gasteiger partial charge in [0.05, 0.1) is 14.2 Å². The number of ether oxygens (including phenoxy) is 1. The fourth-order valence-corrected chi connectivity index (χ4v) is 5.91. The van der Waals surface area contributed by atoms with Gasteiger partial charge < -0.3 is 10.1 Å². The lowest BCUT2D eigenvalue weighted by molar-refractivity contribution is 0.256. The quantitative estimate of drug-likeness (QED) is 0.692. The second-order valence-corrected chi connectivity index (χ2v) is 8.98. The smallest absolute Gasteiger partial charge is 0.122 e. The largest absolute Gasteiger partial charge is 0.493 e. The molecule has 0 saturated heterocycles. The van der Waals surface area contributed by atoms with Gasteiger partial charge in [-0.2, -0.15) is 0 Å². The summed E-state index contributed by atoms with van der Waals surface area (Å²) in [5.41, 5.74) is 2.67. The molecule has 2 unspecified atom stereocenters. The van der Waals surface area contributed by atoms with Crippen molar-refractivity contribution >= 4 is 43.2 Å². The van der Waals surface area contributed by atoms with Crippen molar-refractivity contribution in [2.75, 3.05) is 13.7 Å². The Hall–Kier alpha value is -0.360. The van der Waals surface area contributed by atoms with E-state index in [4.69, 9.17) is 4.74 Å². The first-order valence-corrected chi connectivity index (χ1v) is 9.43. The van der Waals surface area contributed by atoms with Crippen LogP contribution in [0, 0.1) is 0 Å². The Kier molecular flexibility index (Phi) is 5.04. The first-order valence-electron chi connectivity index (χ1n) is 7.02. The Bertz CT molecular complexity index is 628. The van der Waals surface area contributed by atoms with Crippen molar-refractivity contribution in [2.45, 2.75) is 24.8 Å². The van der Waals surface area contributed by atoms with Crippen LogP contribution in [0.1, 0.15) is 35.9 Å². The summed E-state index contributed by atoms with van der Waals surface area (Å²) in [7, 11) is 2.04. The number of fused-ring (bicyclic) bond motifs is 1. The topological polar surface area (TPSA) is 21.3 Å². The minimum atomic E-state index is 0.345. The fraction of sp³-hybridized carbons (Fsp3) is 0.375. The van der Waals surface area contributed by atoms with Gasteiger partial charge >= 0.3 is 0 Å². The number of hydrogen-bond donors (Lipinski definition) is 1. The molecule has 2 atom stereocenters. The van der Waals surface area contributed by atoms with Gasteiger partial charge in [0, 0.05) is 6.04 Å². The number of halogens is 2. The van der Waals surface area contributed by atoms with Gasteiger partial charge in [-0.1, -0.05) is 18.2 Å². The van der Waals surface area contributed by atoms with Crippen LogP contribution in [0.2, 0.25) is 0 Å². The Labute approximate surface area is 146 Å². The van der Waals surface area contributed by atoms with Gasteiger partial charge in [0.2, 0.25) is 0 Å². The second-order valence-electron chi connectivity index (χ2n) is 5.23.